The Morgan fingerprint density at radius 1 is 0.881 bits per heavy atom. The van der Waals surface area contributed by atoms with E-state index in [2.05, 4.69) is 51.9 Å². The second-order valence-corrected chi connectivity index (χ2v) is 11.4. The fraction of sp³-hybridized carbons (Fsp3) is 0.364. The van der Waals surface area contributed by atoms with Crippen molar-refractivity contribution in [2.75, 3.05) is 32.9 Å². The zero-order valence-corrected chi connectivity index (χ0v) is 23.3. The summed E-state index contributed by atoms with van der Waals surface area (Å²) in [5.74, 6) is -2.36. The van der Waals surface area contributed by atoms with Crippen molar-refractivity contribution in [3.05, 3.63) is 95.6 Å². The molecule has 0 spiro atoms. The van der Waals surface area contributed by atoms with Crippen LogP contribution in [0.2, 0.25) is 0 Å². The van der Waals surface area contributed by atoms with Crippen LogP contribution in [0.15, 0.2) is 78.9 Å². The van der Waals surface area contributed by atoms with Crippen LogP contribution in [-0.2, 0) is 25.6 Å². The first-order valence-electron chi connectivity index (χ1n) is 14.4. The van der Waals surface area contributed by atoms with Gasteiger partial charge in [-0.1, -0.05) is 78.9 Å². The molecule has 0 bridgehead atoms. The van der Waals surface area contributed by atoms with Crippen molar-refractivity contribution in [2.45, 2.75) is 36.9 Å². The standard InChI is InChI=1S/C33H35N3O6/c37-30(38)28-19-41-21-29(28)34-31(39)33(14-16-36(17-15-33)18-22-8-2-1-3-9-22)35-32(40)42-20-27-25-12-6-4-10-23(25)24-11-5-7-13-26(24)27/h1-13,27-29H,14-21H2,(H,34,39)(H,35,40)(H,37,38). The van der Waals surface area contributed by atoms with E-state index >= 15 is 0 Å². The average Bonchev–Trinajstić information content (AvgIpc) is 3.60. The number of rotatable bonds is 8. The Balaban J connectivity index is 1.16. The number of fused-ring (bicyclic) bond motifs is 3. The van der Waals surface area contributed by atoms with E-state index in [0.29, 0.717) is 25.9 Å². The molecule has 2 aliphatic heterocycles. The molecule has 2 saturated heterocycles. The van der Waals surface area contributed by atoms with Gasteiger partial charge in [-0.2, -0.15) is 0 Å². The van der Waals surface area contributed by atoms with E-state index in [4.69, 9.17) is 9.47 Å². The molecule has 3 aliphatic rings. The quantitative estimate of drug-likeness (QED) is 0.378. The Morgan fingerprint density at radius 2 is 1.50 bits per heavy atom. The maximum Gasteiger partial charge on any atom is 0.408 e. The number of hydrogen-bond acceptors (Lipinski definition) is 6. The predicted molar refractivity (Wildman–Crippen MR) is 156 cm³/mol. The van der Waals surface area contributed by atoms with Crippen LogP contribution >= 0.6 is 0 Å². The molecule has 1 aliphatic carbocycles. The summed E-state index contributed by atoms with van der Waals surface area (Å²) in [5.41, 5.74) is 4.42. The number of carbonyl (C=O) groups excluding carboxylic acids is 2. The topological polar surface area (TPSA) is 117 Å². The van der Waals surface area contributed by atoms with Crippen molar-refractivity contribution in [1.29, 1.82) is 0 Å². The molecular formula is C33H35N3O6. The molecule has 9 nitrogen and oxygen atoms in total. The Bertz CT molecular complexity index is 1410. The first-order valence-corrected chi connectivity index (χ1v) is 14.4. The minimum absolute atomic E-state index is 0.0396. The molecule has 2 unspecified atom stereocenters. The third-order valence-electron chi connectivity index (χ3n) is 8.79. The summed E-state index contributed by atoms with van der Waals surface area (Å²) in [6.45, 7) is 2.18. The van der Waals surface area contributed by atoms with Gasteiger partial charge < -0.3 is 25.2 Å². The molecule has 0 aromatic heterocycles. The third-order valence-corrected chi connectivity index (χ3v) is 8.79. The predicted octanol–water partition coefficient (Wildman–Crippen LogP) is 3.78. The van der Waals surface area contributed by atoms with E-state index in [9.17, 15) is 19.5 Å². The summed E-state index contributed by atoms with van der Waals surface area (Å²) >= 11 is 0. The van der Waals surface area contributed by atoms with E-state index in [0.717, 1.165) is 28.8 Å². The van der Waals surface area contributed by atoms with Crippen molar-refractivity contribution in [1.82, 2.24) is 15.5 Å². The van der Waals surface area contributed by atoms with E-state index < -0.39 is 35.5 Å². The lowest BCUT2D eigenvalue weighted by Crippen LogP contribution is -2.65. The molecule has 9 heteroatoms. The van der Waals surface area contributed by atoms with Crippen LogP contribution in [0, 0.1) is 5.92 Å². The zero-order valence-electron chi connectivity index (χ0n) is 23.3. The number of hydrogen-bond donors (Lipinski definition) is 3. The maximum absolute atomic E-state index is 13.8. The number of ether oxygens (including phenoxy) is 2. The first kappa shape index (κ1) is 27.9. The number of benzene rings is 3. The summed E-state index contributed by atoms with van der Waals surface area (Å²) in [7, 11) is 0. The van der Waals surface area contributed by atoms with Gasteiger partial charge in [0.05, 0.1) is 19.3 Å². The smallest absolute Gasteiger partial charge is 0.408 e. The SMILES string of the molecule is O=C(NC1(C(=O)NC2COCC2C(=O)O)CCN(Cc2ccccc2)CC1)OCC1c2ccccc2-c2ccccc21. The molecule has 3 aromatic carbocycles. The molecule has 0 radical (unpaired) electrons. The number of alkyl carbamates (subject to hydrolysis) is 1. The highest BCUT2D eigenvalue weighted by molar-refractivity contribution is 5.91. The molecule has 218 valence electrons. The van der Waals surface area contributed by atoms with Gasteiger partial charge in [0.2, 0.25) is 5.91 Å². The molecule has 3 N–H and O–H groups in total. The highest BCUT2D eigenvalue weighted by Gasteiger charge is 2.46. The fourth-order valence-electron chi connectivity index (χ4n) is 6.42. The molecular weight excluding hydrogens is 534 g/mol. The zero-order chi connectivity index (χ0) is 29.1. The molecule has 2 amide bonds. The minimum atomic E-state index is -1.23. The van der Waals surface area contributed by atoms with Gasteiger partial charge in [0.1, 0.15) is 18.1 Å². The molecule has 2 atom stereocenters. The van der Waals surface area contributed by atoms with Gasteiger partial charge in [-0.3, -0.25) is 14.5 Å². The number of carboxylic acid groups (broad SMARTS) is 1. The molecule has 2 heterocycles. The lowest BCUT2D eigenvalue weighted by Gasteiger charge is -2.41. The van der Waals surface area contributed by atoms with Crippen molar-refractivity contribution >= 4 is 18.0 Å². The molecule has 3 aromatic rings. The van der Waals surface area contributed by atoms with E-state index in [-0.39, 0.29) is 25.7 Å². The van der Waals surface area contributed by atoms with Gasteiger partial charge >= 0.3 is 12.1 Å². The number of nitrogens with zero attached hydrogens (tertiary/aromatic N) is 1. The second-order valence-electron chi connectivity index (χ2n) is 11.4. The summed E-state index contributed by atoms with van der Waals surface area (Å²) in [5, 5.41) is 15.4. The molecule has 42 heavy (non-hydrogen) atoms. The van der Waals surface area contributed by atoms with Gasteiger partial charge in [0, 0.05) is 25.6 Å². The summed E-state index contributed by atoms with van der Waals surface area (Å²) in [4.78, 5) is 41.1. The fourth-order valence-corrected chi connectivity index (χ4v) is 6.42. The van der Waals surface area contributed by atoms with Crippen LogP contribution in [-0.4, -0.2) is 72.5 Å². The largest absolute Gasteiger partial charge is 0.481 e. The van der Waals surface area contributed by atoms with Gasteiger partial charge in [0.15, 0.2) is 0 Å². The van der Waals surface area contributed by atoms with Crippen LogP contribution in [0.4, 0.5) is 4.79 Å². The van der Waals surface area contributed by atoms with Gasteiger partial charge in [0.25, 0.3) is 0 Å². The lowest BCUT2D eigenvalue weighted by molar-refractivity contribution is -0.142. The van der Waals surface area contributed by atoms with E-state index in [1.54, 1.807) is 0 Å². The monoisotopic (exact) mass is 569 g/mol. The Kier molecular flexibility index (Phi) is 7.95. The van der Waals surface area contributed by atoms with Crippen LogP contribution in [0.1, 0.15) is 35.4 Å². The summed E-state index contributed by atoms with van der Waals surface area (Å²) in [6, 6.07) is 25.7. The highest BCUT2D eigenvalue weighted by atomic mass is 16.5. The Labute approximate surface area is 244 Å². The van der Waals surface area contributed by atoms with Crippen molar-refractivity contribution in [3.8, 4) is 11.1 Å². The van der Waals surface area contributed by atoms with Crippen molar-refractivity contribution in [3.63, 3.8) is 0 Å². The second kappa shape index (κ2) is 12.0. The molecule has 2 fully saturated rings. The number of carboxylic acids is 1. The number of aliphatic carboxylic acids is 1. The lowest BCUT2D eigenvalue weighted by atomic mass is 9.85. The van der Waals surface area contributed by atoms with Crippen molar-refractivity contribution < 1.29 is 29.0 Å². The number of amides is 2. The summed E-state index contributed by atoms with van der Waals surface area (Å²) in [6.07, 6.45) is 0.0588. The van der Waals surface area contributed by atoms with Crippen LogP contribution in [0.3, 0.4) is 0 Å². The minimum Gasteiger partial charge on any atom is -0.481 e. The van der Waals surface area contributed by atoms with Crippen LogP contribution in [0.5, 0.6) is 0 Å². The first-order chi connectivity index (χ1) is 20.4. The molecule has 0 saturated carbocycles. The average molecular weight is 570 g/mol. The third kappa shape index (κ3) is 5.62. The number of piperidine rings is 1. The number of likely N-dealkylation sites (tertiary alicyclic amines) is 1. The van der Waals surface area contributed by atoms with Gasteiger partial charge in [-0.25, -0.2) is 4.79 Å². The van der Waals surface area contributed by atoms with Crippen molar-refractivity contribution in [2.24, 2.45) is 5.92 Å². The van der Waals surface area contributed by atoms with Crippen LogP contribution in [0.25, 0.3) is 11.1 Å². The Hall–Kier alpha value is -4.21. The highest BCUT2D eigenvalue weighted by Crippen LogP contribution is 2.44. The maximum atomic E-state index is 13.8. The number of carbonyl (C=O) groups is 3. The van der Waals surface area contributed by atoms with E-state index in [1.807, 2.05) is 42.5 Å². The summed E-state index contributed by atoms with van der Waals surface area (Å²) < 4.78 is 11.2. The van der Waals surface area contributed by atoms with Gasteiger partial charge in [-0.15, -0.1) is 0 Å². The van der Waals surface area contributed by atoms with E-state index in [1.165, 1.54) is 5.56 Å². The van der Waals surface area contributed by atoms with Crippen LogP contribution < -0.4 is 10.6 Å². The molecule has 6 rings (SSSR count). The normalized spacial score (nSPS) is 21.2. The number of nitrogens with one attached hydrogen (secondary N) is 2. The Morgan fingerprint density at radius 3 is 2.14 bits per heavy atom. The van der Waals surface area contributed by atoms with Gasteiger partial charge in [-0.05, 0) is 40.7 Å².